The fourth-order valence-electron chi connectivity index (χ4n) is 2.03. The van der Waals surface area contributed by atoms with Gasteiger partial charge >= 0.3 is 11.8 Å². The van der Waals surface area contributed by atoms with Gasteiger partial charge in [0.05, 0.1) is 18.1 Å². The maximum atomic E-state index is 12.1. The molecule has 1 aliphatic rings. The lowest BCUT2D eigenvalue weighted by Gasteiger charge is -2.27. The van der Waals surface area contributed by atoms with Gasteiger partial charge < -0.3 is 15.0 Å². The predicted molar refractivity (Wildman–Crippen MR) is 74.4 cm³/mol. The molecule has 1 aliphatic heterocycles. The number of alkyl halides is 1. The highest BCUT2D eigenvalue weighted by Gasteiger charge is 2.36. The number of hydrogen-bond acceptors (Lipinski definition) is 5. The predicted octanol–water partition coefficient (Wildman–Crippen LogP) is -0.996. The summed E-state index contributed by atoms with van der Waals surface area (Å²) in [5.74, 6) is -1.38. The zero-order valence-electron chi connectivity index (χ0n) is 11.3. The van der Waals surface area contributed by atoms with E-state index < -0.39 is 27.7 Å². The Bertz CT molecular complexity index is 454. The number of carbonyl (C=O) groups excluding carboxylic acids is 2. The van der Waals surface area contributed by atoms with Gasteiger partial charge in [-0.05, 0) is 6.42 Å². The van der Waals surface area contributed by atoms with E-state index in [-0.39, 0.29) is 37.1 Å². The molecule has 1 atom stereocenters. The summed E-state index contributed by atoms with van der Waals surface area (Å²) in [7, 11) is -1.66. The molecule has 1 N–H and O–H groups in total. The number of rotatable bonds is 6. The molecule has 0 radical (unpaired) electrons. The summed E-state index contributed by atoms with van der Waals surface area (Å²) in [6, 6.07) is -0.468. The third-order valence-electron chi connectivity index (χ3n) is 3.02. The maximum absolute atomic E-state index is 12.1. The molecule has 1 heterocycles. The summed E-state index contributed by atoms with van der Waals surface area (Å²) in [4.78, 5) is 25.0. The normalized spacial score (nSPS) is 20.6. The maximum Gasteiger partial charge on any atom is 0.312 e. The van der Waals surface area contributed by atoms with E-state index >= 15 is 0 Å². The summed E-state index contributed by atoms with van der Waals surface area (Å²) >= 11 is 5.44. The van der Waals surface area contributed by atoms with Crippen molar-refractivity contribution < 1.29 is 22.7 Å². The van der Waals surface area contributed by atoms with Crippen LogP contribution < -0.4 is 5.32 Å². The van der Waals surface area contributed by atoms with Crippen LogP contribution in [0.5, 0.6) is 0 Å². The van der Waals surface area contributed by atoms with Crippen molar-refractivity contribution in [2.45, 2.75) is 12.5 Å². The van der Waals surface area contributed by atoms with Crippen molar-refractivity contribution in [3.8, 4) is 0 Å². The van der Waals surface area contributed by atoms with Crippen LogP contribution in [0.2, 0.25) is 0 Å². The first-order chi connectivity index (χ1) is 9.41. The van der Waals surface area contributed by atoms with Crippen molar-refractivity contribution in [1.82, 2.24) is 10.2 Å². The first kappa shape index (κ1) is 17.2. The third-order valence-corrected chi connectivity index (χ3v) is 4.96. The number of ether oxygens (including phenoxy) is 1. The Labute approximate surface area is 123 Å². The molecule has 1 fully saturated rings. The zero-order chi connectivity index (χ0) is 15.2. The van der Waals surface area contributed by atoms with E-state index in [1.54, 1.807) is 0 Å². The van der Waals surface area contributed by atoms with E-state index in [0.717, 1.165) is 0 Å². The van der Waals surface area contributed by atoms with Crippen LogP contribution >= 0.6 is 11.6 Å². The lowest BCUT2D eigenvalue weighted by atomic mass is 10.2. The van der Waals surface area contributed by atoms with Gasteiger partial charge in [0.15, 0.2) is 9.84 Å². The van der Waals surface area contributed by atoms with Crippen LogP contribution in [-0.4, -0.2) is 75.4 Å². The fraction of sp³-hybridized carbons (Fsp3) is 0.818. The minimum absolute atomic E-state index is 0.0394. The first-order valence-corrected chi connectivity index (χ1v) is 8.61. The van der Waals surface area contributed by atoms with Crippen LogP contribution in [0.4, 0.5) is 0 Å². The van der Waals surface area contributed by atoms with E-state index in [1.807, 2.05) is 0 Å². The van der Waals surface area contributed by atoms with Gasteiger partial charge in [0.1, 0.15) is 0 Å². The van der Waals surface area contributed by atoms with Gasteiger partial charge in [0.25, 0.3) is 0 Å². The minimum Gasteiger partial charge on any atom is -0.383 e. The summed E-state index contributed by atoms with van der Waals surface area (Å²) in [6.07, 6.45) is 0.348. The van der Waals surface area contributed by atoms with E-state index in [0.29, 0.717) is 6.42 Å². The molecular formula is C11H19ClN2O5S. The molecule has 20 heavy (non-hydrogen) atoms. The molecule has 1 unspecified atom stereocenters. The van der Waals surface area contributed by atoms with Crippen LogP contribution in [0.1, 0.15) is 6.42 Å². The fourth-order valence-corrected chi connectivity index (χ4v) is 3.85. The number of nitrogens with one attached hydrogen (secondary N) is 1. The van der Waals surface area contributed by atoms with Crippen LogP contribution in [0.3, 0.4) is 0 Å². The average Bonchev–Trinajstić information content (AvgIpc) is 2.76. The van der Waals surface area contributed by atoms with Crippen molar-refractivity contribution in [2.24, 2.45) is 0 Å². The number of amides is 2. The average molecular weight is 327 g/mol. The van der Waals surface area contributed by atoms with Gasteiger partial charge in [-0.15, -0.1) is 11.6 Å². The molecule has 1 rings (SSSR count). The lowest BCUT2D eigenvalue weighted by Crippen LogP contribution is -2.49. The zero-order valence-corrected chi connectivity index (χ0v) is 12.9. The molecule has 0 aromatic carbocycles. The molecule has 0 aromatic heterocycles. The van der Waals surface area contributed by atoms with E-state index in [4.69, 9.17) is 16.3 Å². The highest BCUT2D eigenvalue weighted by molar-refractivity contribution is 7.91. The van der Waals surface area contributed by atoms with Crippen LogP contribution in [0, 0.1) is 0 Å². The van der Waals surface area contributed by atoms with Crippen LogP contribution in [-0.2, 0) is 24.2 Å². The van der Waals surface area contributed by atoms with Crippen molar-refractivity contribution in [1.29, 1.82) is 0 Å². The highest BCUT2D eigenvalue weighted by atomic mass is 35.5. The largest absolute Gasteiger partial charge is 0.383 e. The molecule has 0 saturated carbocycles. The smallest absolute Gasteiger partial charge is 0.312 e. The second-order valence-electron chi connectivity index (χ2n) is 4.49. The molecule has 2 amide bonds. The summed E-state index contributed by atoms with van der Waals surface area (Å²) in [5.41, 5.74) is 0. The second kappa shape index (κ2) is 7.80. The highest BCUT2D eigenvalue weighted by Crippen LogP contribution is 2.17. The molecular weight excluding hydrogens is 308 g/mol. The van der Waals surface area contributed by atoms with E-state index in [2.05, 4.69) is 5.32 Å². The Hall–Kier alpha value is -0.860. The van der Waals surface area contributed by atoms with Crippen molar-refractivity contribution in [2.75, 3.05) is 44.2 Å². The minimum atomic E-state index is -3.13. The Morgan fingerprint density at radius 3 is 2.65 bits per heavy atom. The summed E-state index contributed by atoms with van der Waals surface area (Å²) < 4.78 is 27.9. The van der Waals surface area contributed by atoms with Gasteiger partial charge in [-0.1, -0.05) is 0 Å². The number of hydrogen-bond donors (Lipinski definition) is 1. The number of sulfone groups is 1. The van der Waals surface area contributed by atoms with Gasteiger partial charge in [-0.2, -0.15) is 0 Å². The number of methoxy groups -OCH3 is 1. The Morgan fingerprint density at radius 1 is 1.45 bits per heavy atom. The molecule has 116 valence electrons. The Balaban J connectivity index is 2.73. The molecule has 0 aliphatic carbocycles. The molecule has 1 saturated heterocycles. The quantitative estimate of drug-likeness (QED) is 0.499. The standard InChI is InChI=1S/C11H19ClN2O5S/c1-19-6-5-14(9-2-7-20(17,18)8-9)11(16)10(15)13-4-3-12/h9H,2-8H2,1H3,(H,13,15). The lowest BCUT2D eigenvalue weighted by molar-refractivity contribution is -0.147. The molecule has 0 aromatic rings. The Morgan fingerprint density at radius 2 is 2.15 bits per heavy atom. The van der Waals surface area contributed by atoms with Crippen LogP contribution in [0.25, 0.3) is 0 Å². The van der Waals surface area contributed by atoms with Crippen LogP contribution in [0.15, 0.2) is 0 Å². The first-order valence-electron chi connectivity index (χ1n) is 6.25. The Kier molecular flexibility index (Phi) is 6.70. The van der Waals surface area contributed by atoms with E-state index in [9.17, 15) is 18.0 Å². The number of nitrogens with zero attached hydrogens (tertiary/aromatic N) is 1. The van der Waals surface area contributed by atoms with Gasteiger partial charge in [0.2, 0.25) is 0 Å². The summed E-state index contributed by atoms with van der Waals surface area (Å²) in [5, 5.41) is 2.38. The van der Waals surface area contributed by atoms with Gasteiger partial charge in [0, 0.05) is 32.1 Å². The SMILES string of the molecule is COCCN(C(=O)C(=O)NCCCl)C1CCS(=O)(=O)C1. The molecule has 9 heteroatoms. The van der Waals surface area contributed by atoms with Crippen molar-refractivity contribution in [3.63, 3.8) is 0 Å². The monoisotopic (exact) mass is 326 g/mol. The second-order valence-corrected chi connectivity index (χ2v) is 7.10. The van der Waals surface area contributed by atoms with E-state index in [1.165, 1.54) is 12.0 Å². The number of halogens is 1. The van der Waals surface area contributed by atoms with Crippen molar-refractivity contribution in [3.05, 3.63) is 0 Å². The number of carbonyl (C=O) groups is 2. The topological polar surface area (TPSA) is 92.8 Å². The molecule has 0 spiro atoms. The molecule has 0 bridgehead atoms. The third kappa shape index (κ3) is 4.92. The summed E-state index contributed by atoms with van der Waals surface area (Å²) in [6.45, 7) is 0.613. The van der Waals surface area contributed by atoms with Gasteiger partial charge in [-0.3, -0.25) is 9.59 Å². The van der Waals surface area contributed by atoms with Crippen molar-refractivity contribution >= 4 is 33.3 Å². The molecule has 7 nitrogen and oxygen atoms in total. The van der Waals surface area contributed by atoms with Gasteiger partial charge in [-0.25, -0.2) is 8.42 Å².